The zero-order valence-electron chi connectivity index (χ0n) is 10.7. The Morgan fingerprint density at radius 3 is 2.40 bits per heavy atom. The van der Waals surface area contributed by atoms with Crippen LogP contribution in [0.4, 0.5) is 0 Å². The van der Waals surface area contributed by atoms with Gasteiger partial charge in [0, 0.05) is 6.07 Å². The van der Waals surface area contributed by atoms with Gasteiger partial charge >= 0.3 is 0 Å². The number of rotatable bonds is 0. The molecule has 0 N–H and O–H groups in total. The first-order chi connectivity index (χ1) is 9.27. The van der Waals surface area contributed by atoms with Crippen LogP contribution in [0.3, 0.4) is 0 Å². The Morgan fingerprint density at radius 1 is 0.950 bits per heavy atom. The first-order valence-electron chi connectivity index (χ1n) is 6.15. The monoisotopic (exact) mass is 487 g/mol. The molecule has 0 atom stereocenters. The summed E-state index contributed by atoms with van der Waals surface area (Å²) < 4.78 is 9.44. The summed E-state index contributed by atoms with van der Waals surface area (Å²) in [4.78, 5) is 0. The van der Waals surface area contributed by atoms with Crippen molar-refractivity contribution in [3.8, 4) is 0 Å². The molecule has 2 heterocycles. The van der Waals surface area contributed by atoms with E-state index < -0.39 is 0 Å². The van der Waals surface area contributed by atoms with Crippen molar-refractivity contribution < 1.29 is 33.0 Å². The van der Waals surface area contributed by atoms with Crippen LogP contribution in [-0.2, 0) is 7.05 Å². The van der Waals surface area contributed by atoms with Crippen LogP contribution in [0, 0.1) is 3.57 Å². The third-order valence-electron chi connectivity index (χ3n) is 3.61. The first-order valence-corrected chi connectivity index (χ1v) is 7.23. The molecule has 0 aliphatic carbocycles. The van der Waals surface area contributed by atoms with Gasteiger partial charge in [0.25, 0.3) is 5.52 Å². The van der Waals surface area contributed by atoms with Gasteiger partial charge in [-0.15, -0.1) is 0 Å². The normalized spacial score (nSPS) is 11.1. The molecule has 0 bridgehead atoms. The van der Waals surface area contributed by atoms with Gasteiger partial charge in [-0.25, -0.2) is 0 Å². The summed E-state index contributed by atoms with van der Waals surface area (Å²) in [5.74, 6) is 0. The lowest BCUT2D eigenvalue weighted by atomic mass is 10.1. The highest BCUT2D eigenvalue weighted by atomic mass is 127. The van der Waals surface area contributed by atoms with Gasteiger partial charge < -0.3 is 28.4 Å². The van der Waals surface area contributed by atoms with E-state index in [2.05, 4.69) is 70.6 Å². The van der Waals surface area contributed by atoms with E-state index >= 15 is 0 Å². The van der Waals surface area contributed by atoms with Crippen molar-refractivity contribution in [2.24, 2.45) is 7.05 Å². The van der Waals surface area contributed by atoms with Crippen molar-refractivity contribution in [3.63, 3.8) is 0 Å². The number of aryl methyl sites for hydroxylation is 1. The van der Waals surface area contributed by atoms with E-state index in [9.17, 15) is 0 Å². The molecule has 0 aliphatic rings. The van der Waals surface area contributed by atoms with Crippen LogP contribution in [-0.4, -0.2) is 0 Å². The minimum absolute atomic E-state index is 0. The molecule has 0 saturated heterocycles. The van der Waals surface area contributed by atoms with Crippen molar-refractivity contribution >= 4 is 55.6 Å². The van der Waals surface area contributed by atoms with Crippen LogP contribution < -0.4 is 28.5 Å². The minimum Gasteiger partial charge on any atom is -1.00 e. The van der Waals surface area contributed by atoms with E-state index in [1.165, 1.54) is 25.4 Å². The Balaban J connectivity index is 0.00000121. The van der Waals surface area contributed by atoms with E-state index in [1.807, 2.05) is 12.1 Å². The molecule has 2 nitrogen and oxygen atoms in total. The zero-order chi connectivity index (χ0) is 13.0. The van der Waals surface area contributed by atoms with Crippen LogP contribution in [0.15, 0.2) is 52.9 Å². The fraction of sp³-hybridized carbons (Fsp3) is 0.0625. The van der Waals surface area contributed by atoms with Gasteiger partial charge in [-0.3, -0.25) is 0 Å². The Bertz CT molecular complexity index is 943. The van der Waals surface area contributed by atoms with E-state index in [4.69, 9.17) is 4.42 Å². The molecular weight excluding hydrogens is 476 g/mol. The molecule has 0 unspecified atom stereocenters. The van der Waals surface area contributed by atoms with Crippen molar-refractivity contribution in [1.29, 1.82) is 0 Å². The quantitative estimate of drug-likeness (QED) is 0.269. The maximum Gasteiger partial charge on any atom is 0.260 e. The number of halogens is 2. The van der Waals surface area contributed by atoms with Crippen molar-refractivity contribution in [2.75, 3.05) is 0 Å². The lowest BCUT2D eigenvalue weighted by molar-refractivity contribution is -0.617. The van der Waals surface area contributed by atoms with Crippen LogP contribution in [0.2, 0.25) is 0 Å². The van der Waals surface area contributed by atoms with Gasteiger partial charge in [-0.05, 0) is 40.8 Å². The largest absolute Gasteiger partial charge is 1.00 e. The summed E-state index contributed by atoms with van der Waals surface area (Å²) in [6, 6.07) is 16.6. The van der Waals surface area contributed by atoms with Gasteiger partial charge in [-0.2, -0.15) is 4.57 Å². The molecule has 4 aromatic rings. The van der Waals surface area contributed by atoms with Gasteiger partial charge in [0.15, 0.2) is 0 Å². The molecule has 2 aromatic carbocycles. The summed E-state index contributed by atoms with van der Waals surface area (Å²) >= 11 is 2.38. The lowest BCUT2D eigenvalue weighted by Gasteiger charge is -2.00. The number of fused-ring (bicyclic) bond motifs is 4. The fourth-order valence-electron chi connectivity index (χ4n) is 2.71. The summed E-state index contributed by atoms with van der Waals surface area (Å²) in [5, 5.41) is 2.40. The van der Waals surface area contributed by atoms with E-state index in [0.717, 1.165) is 11.2 Å². The van der Waals surface area contributed by atoms with Crippen molar-refractivity contribution in [2.45, 2.75) is 0 Å². The third-order valence-corrected chi connectivity index (χ3v) is 4.68. The third kappa shape index (κ3) is 1.84. The second-order valence-electron chi connectivity index (χ2n) is 4.67. The standard InChI is InChI=1S/C16H11INO.HI/c1-18-12-8-4-2-6-10(12)14(17)16-15(18)11-7-3-5-9-13(11)19-16;/h2-9H,1H3;1H/q+1;/p-1. The number of pyridine rings is 1. The van der Waals surface area contributed by atoms with Crippen LogP contribution in [0.5, 0.6) is 0 Å². The number of benzene rings is 2. The van der Waals surface area contributed by atoms with Gasteiger partial charge in [-0.1, -0.05) is 24.3 Å². The highest BCUT2D eigenvalue weighted by Crippen LogP contribution is 2.32. The van der Waals surface area contributed by atoms with Crippen molar-refractivity contribution in [1.82, 2.24) is 0 Å². The molecule has 0 saturated carbocycles. The van der Waals surface area contributed by atoms with Crippen LogP contribution in [0.1, 0.15) is 0 Å². The Hall–Kier alpha value is -0.890. The second kappa shape index (κ2) is 5.14. The molecule has 0 aliphatic heterocycles. The molecule has 100 valence electrons. The van der Waals surface area contributed by atoms with Gasteiger partial charge in [0.2, 0.25) is 11.1 Å². The fourth-order valence-corrected chi connectivity index (χ4v) is 3.53. The second-order valence-corrected chi connectivity index (χ2v) is 5.74. The minimum atomic E-state index is 0. The Labute approximate surface area is 146 Å². The van der Waals surface area contributed by atoms with Crippen LogP contribution >= 0.6 is 22.6 Å². The molecular formula is C16H11I2NO. The highest BCUT2D eigenvalue weighted by Gasteiger charge is 2.22. The number of para-hydroxylation sites is 2. The average Bonchev–Trinajstić information content (AvgIpc) is 2.84. The number of furan rings is 1. The SMILES string of the molecule is C[n+]1c2ccccc2c(I)c2oc3ccccc3c21.[I-]. The maximum absolute atomic E-state index is 6.04. The molecule has 20 heavy (non-hydrogen) atoms. The predicted molar refractivity (Wildman–Crippen MR) is 85.1 cm³/mol. The molecule has 4 rings (SSSR count). The van der Waals surface area contributed by atoms with Crippen molar-refractivity contribution in [3.05, 3.63) is 52.1 Å². The number of hydrogen-bond donors (Lipinski definition) is 0. The summed E-state index contributed by atoms with van der Waals surface area (Å²) in [7, 11) is 2.10. The number of nitrogens with zero attached hydrogens (tertiary/aromatic N) is 1. The number of aromatic nitrogens is 1. The van der Waals surface area contributed by atoms with E-state index in [-0.39, 0.29) is 24.0 Å². The first kappa shape index (κ1) is 14.1. The smallest absolute Gasteiger partial charge is 0.260 e. The van der Waals surface area contributed by atoms with E-state index in [0.29, 0.717) is 0 Å². The average molecular weight is 487 g/mol. The maximum atomic E-state index is 6.04. The highest BCUT2D eigenvalue weighted by molar-refractivity contribution is 14.1. The predicted octanol–water partition coefficient (Wildman–Crippen LogP) is 1.17. The van der Waals surface area contributed by atoms with E-state index in [1.54, 1.807) is 0 Å². The van der Waals surface area contributed by atoms with Gasteiger partial charge in [0.1, 0.15) is 12.6 Å². The Kier molecular flexibility index (Phi) is 3.62. The molecule has 0 radical (unpaired) electrons. The summed E-state index contributed by atoms with van der Waals surface area (Å²) in [6.45, 7) is 0. The topological polar surface area (TPSA) is 17.0 Å². The summed E-state index contributed by atoms with van der Waals surface area (Å²) in [6.07, 6.45) is 0. The molecule has 0 fully saturated rings. The molecule has 2 aromatic heterocycles. The molecule has 0 amide bonds. The zero-order valence-corrected chi connectivity index (χ0v) is 15.0. The summed E-state index contributed by atoms with van der Waals surface area (Å²) in [5.41, 5.74) is 4.31. The number of hydrogen-bond acceptors (Lipinski definition) is 1. The lowest BCUT2D eigenvalue weighted by Crippen LogP contribution is -3.00. The molecule has 0 spiro atoms. The Morgan fingerprint density at radius 2 is 1.60 bits per heavy atom. The van der Waals surface area contributed by atoms with Crippen LogP contribution in [0.25, 0.3) is 33.0 Å². The van der Waals surface area contributed by atoms with Gasteiger partial charge in [0.05, 0.1) is 14.3 Å². The molecule has 4 heteroatoms.